The van der Waals surface area contributed by atoms with Crippen molar-refractivity contribution in [3.8, 4) is 0 Å². The standard InChI is InChI=1S/C11H21N5S/c1-4-6-16(7-5-2)10-8-9(15-12)13-11(14-10)17-3/h8H,4-7,12H2,1-3H3,(H,13,14,15). The van der Waals surface area contributed by atoms with Gasteiger partial charge in [-0.15, -0.1) is 0 Å². The Morgan fingerprint density at radius 2 is 1.94 bits per heavy atom. The molecule has 3 N–H and O–H groups in total. The highest BCUT2D eigenvalue weighted by molar-refractivity contribution is 7.98. The van der Waals surface area contributed by atoms with Crippen molar-refractivity contribution < 1.29 is 0 Å². The Bertz CT molecular complexity index is 316. The van der Waals surface area contributed by atoms with E-state index in [9.17, 15) is 0 Å². The minimum atomic E-state index is 0.663. The number of thioether (sulfide) groups is 1. The molecule has 1 aromatic rings. The number of nitrogens with two attached hydrogens (primary N) is 1. The van der Waals surface area contributed by atoms with Gasteiger partial charge >= 0.3 is 0 Å². The number of anilines is 2. The monoisotopic (exact) mass is 255 g/mol. The molecular formula is C11H21N5S. The number of hydrogen-bond acceptors (Lipinski definition) is 6. The van der Waals surface area contributed by atoms with Crippen molar-refractivity contribution in [3.05, 3.63) is 6.07 Å². The lowest BCUT2D eigenvalue weighted by molar-refractivity contribution is 0.725. The summed E-state index contributed by atoms with van der Waals surface area (Å²) in [6, 6.07) is 1.89. The van der Waals surface area contributed by atoms with Crippen LogP contribution in [0.15, 0.2) is 11.2 Å². The maximum absolute atomic E-state index is 5.42. The maximum Gasteiger partial charge on any atom is 0.191 e. The summed E-state index contributed by atoms with van der Waals surface area (Å²) in [4.78, 5) is 11.0. The van der Waals surface area contributed by atoms with Gasteiger partial charge in [-0.3, -0.25) is 0 Å². The number of hydrazine groups is 1. The molecule has 0 radical (unpaired) electrons. The van der Waals surface area contributed by atoms with Crippen LogP contribution in [0.3, 0.4) is 0 Å². The van der Waals surface area contributed by atoms with Crippen LogP contribution in [0.2, 0.25) is 0 Å². The SMILES string of the molecule is CCCN(CCC)c1cc(NN)nc(SC)n1. The highest BCUT2D eigenvalue weighted by atomic mass is 32.2. The predicted molar refractivity (Wildman–Crippen MR) is 74.4 cm³/mol. The van der Waals surface area contributed by atoms with E-state index in [4.69, 9.17) is 5.84 Å². The van der Waals surface area contributed by atoms with Crippen LogP contribution in [0.1, 0.15) is 26.7 Å². The molecule has 0 spiro atoms. The van der Waals surface area contributed by atoms with E-state index >= 15 is 0 Å². The zero-order valence-corrected chi connectivity index (χ0v) is 11.5. The van der Waals surface area contributed by atoms with Gasteiger partial charge in [0.05, 0.1) is 0 Å². The van der Waals surface area contributed by atoms with E-state index in [-0.39, 0.29) is 0 Å². The summed E-state index contributed by atoms with van der Waals surface area (Å²) in [5.74, 6) is 7.03. The maximum atomic E-state index is 5.42. The van der Waals surface area contributed by atoms with Crippen molar-refractivity contribution in [1.82, 2.24) is 9.97 Å². The van der Waals surface area contributed by atoms with Gasteiger partial charge in [-0.25, -0.2) is 15.8 Å². The third-order valence-electron chi connectivity index (χ3n) is 2.33. The molecule has 0 saturated heterocycles. The fourth-order valence-electron chi connectivity index (χ4n) is 1.62. The molecule has 0 aliphatic carbocycles. The summed E-state index contributed by atoms with van der Waals surface area (Å²) in [5, 5.41) is 0.743. The molecule has 0 saturated carbocycles. The lowest BCUT2D eigenvalue weighted by Crippen LogP contribution is -2.26. The summed E-state index contributed by atoms with van der Waals surface area (Å²) in [5.41, 5.74) is 2.59. The summed E-state index contributed by atoms with van der Waals surface area (Å²) < 4.78 is 0. The van der Waals surface area contributed by atoms with Gasteiger partial charge in [-0.1, -0.05) is 25.6 Å². The summed E-state index contributed by atoms with van der Waals surface area (Å²) in [6.45, 7) is 6.34. The average Bonchev–Trinajstić information content (AvgIpc) is 2.37. The second-order valence-corrected chi connectivity index (χ2v) is 4.50. The first-order chi connectivity index (χ1) is 8.24. The van der Waals surface area contributed by atoms with Gasteiger partial charge in [0.25, 0.3) is 0 Å². The Morgan fingerprint density at radius 1 is 1.29 bits per heavy atom. The van der Waals surface area contributed by atoms with Gasteiger partial charge in [-0.05, 0) is 19.1 Å². The van der Waals surface area contributed by atoms with E-state index in [0.29, 0.717) is 5.82 Å². The first kappa shape index (κ1) is 14.1. The zero-order chi connectivity index (χ0) is 12.7. The second-order valence-electron chi connectivity index (χ2n) is 3.73. The topological polar surface area (TPSA) is 67.1 Å². The molecule has 1 rings (SSSR count). The highest BCUT2D eigenvalue weighted by Crippen LogP contribution is 2.20. The third kappa shape index (κ3) is 4.05. The van der Waals surface area contributed by atoms with Crippen molar-refractivity contribution in [2.24, 2.45) is 5.84 Å². The smallest absolute Gasteiger partial charge is 0.191 e. The Kier molecular flexibility index (Phi) is 6.07. The van der Waals surface area contributed by atoms with E-state index < -0.39 is 0 Å². The predicted octanol–water partition coefficient (Wildman–Crippen LogP) is 2.11. The van der Waals surface area contributed by atoms with Crippen LogP contribution in [0.25, 0.3) is 0 Å². The lowest BCUT2D eigenvalue weighted by Gasteiger charge is -2.23. The van der Waals surface area contributed by atoms with Crippen molar-refractivity contribution in [2.75, 3.05) is 29.7 Å². The van der Waals surface area contributed by atoms with Crippen molar-refractivity contribution in [3.63, 3.8) is 0 Å². The molecule has 0 aliphatic heterocycles. The lowest BCUT2D eigenvalue weighted by atomic mass is 10.3. The highest BCUT2D eigenvalue weighted by Gasteiger charge is 2.09. The van der Waals surface area contributed by atoms with Crippen LogP contribution in [0, 0.1) is 0 Å². The molecule has 0 amide bonds. The average molecular weight is 255 g/mol. The van der Waals surface area contributed by atoms with Crippen molar-refractivity contribution in [2.45, 2.75) is 31.8 Å². The van der Waals surface area contributed by atoms with E-state index in [1.54, 1.807) is 0 Å². The van der Waals surface area contributed by atoms with Crippen LogP contribution in [0.4, 0.5) is 11.6 Å². The summed E-state index contributed by atoms with van der Waals surface area (Å²) >= 11 is 1.52. The van der Waals surface area contributed by atoms with Gasteiger partial charge < -0.3 is 10.3 Å². The molecule has 0 aromatic carbocycles. The van der Waals surface area contributed by atoms with Crippen LogP contribution >= 0.6 is 11.8 Å². The molecular weight excluding hydrogens is 234 g/mol. The molecule has 1 heterocycles. The van der Waals surface area contributed by atoms with E-state index in [1.807, 2.05) is 12.3 Å². The largest absolute Gasteiger partial charge is 0.356 e. The normalized spacial score (nSPS) is 10.4. The number of nitrogens with zero attached hydrogens (tertiary/aromatic N) is 3. The van der Waals surface area contributed by atoms with Crippen LogP contribution in [-0.2, 0) is 0 Å². The van der Waals surface area contributed by atoms with Crippen LogP contribution < -0.4 is 16.2 Å². The number of hydrogen-bond donors (Lipinski definition) is 2. The van der Waals surface area contributed by atoms with Gasteiger partial charge in [0.2, 0.25) is 0 Å². The minimum Gasteiger partial charge on any atom is -0.356 e. The summed E-state index contributed by atoms with van der Waals surface area (Å²) in [7, 11) is 0. The quantitative estimate of drug-likeness (QED) is 0.337. The van der Waals surface area contributed by atoms with E-state index in [2.05, 4.69) is 34.1 Å². The molecule has 0 aliphatic rings. The molecule has 0 unspecified atom stereocenters. The minimum absolute atomic E-state index is 0.663. The van der Waals surface area contributed by atoms with E-state index in [1.165, 1.54) is 11.8 Å². The fraction of sp³-hybridized carbons (Fsp3) is 0.636. The van der Waals surface area contributed by atoms with Gasteiger partial charge in [0.1, 0.15) is 11.6 Å². The molecule has 0 atom stereocenters. The molecule has 1 aromatic heterocycles. The first-order valence-corrected chi connectivity index (χ1v) is 7.12. The summed E-state index contributed by atoms with van der Waals surface area (Å²) in [6.07, 6.45) is 4.16. The Hall–Kier alpha value is -1.01. The molecule has 17 heavy (non-hydrogen) atoms. The Morgan fingerprint density at radius 3 is 2.41 bits per heavy atom. The molecule has 6 heteroatoms. The molecule has 96 valence electrons. The van der Waals surface area contributed by atoms with Gasteiger partial charge in [-0.2, -0.15) is 0 Å². The Labute approximate surface area is 107 Å². The third-order valence-corrected chi connectivity index (χ3v) is 2.88. The van der Waals surface area contributed by atoms with E-state index in [0.717, 1.165) is 36.9 Å². The molecule has 5 nitrogen and oxygen atoms in total. The molecule has 0 bridgehead atoms. The second kappa shape index (κ2) is 7.34. The number of aromatic nitrogens is 2. The van der Waals surface area contributed by atoms with Crippen molar-refractivity contribution in [1.29, 1.82) is 0 Å². The molecule has 0 fully saturated rings. The van der Waals surface area contributed by atoms with Crippen LogP contribution in [0.5, 0.6) is 0 Å². The number of nitrogen functional groups attached to an aromatic ring is 1. The van der Waals surface area contributed by atoms with Gasteiger partial charge in [0.15, 0.2) is 5.16 Å². The van der Waals surface area contributed by atoms with Gasteiger partial charge in [0, 0.05) is 19.2 Å². The van der Waals surface area contributed by atoms with Crippen molar-refractivity contribution >= 4 is 23.4 Å². The first-order valence-electron chi connectivity index (χ1n) is 5.89. The number of rotatable bonds is 7. The fourth-order valence-corrected chi connectivity index (χ4v) is 2.00. The van der Waals surface area contributed by atoms with Crippen LogP contribution in [-0.4, -0.2) is 29.3 Å². The zero-order valence-electron chi connectivity index (χ0n) is 10.7. The number of nitrogens with one attached hydrogen (secondary N) is 1. The Balaban J connectivity index is 2.99.